The van der Waals surface area contributed by atoms with E-state index in [1.54, 1.807) is 0 Å². The summed E-state index contributed by atoms with van der Waals surface area (Å²) in [5.74, 6) is 5.27. The second-order valence-corrected chi connectivity index (χ2v) is 5.19. The zero-order chi connectivity index (χ0) is 16.3. The Morgan fingerprint density at radius 2 is 1.59 bits per heavy atom. The lowest BCUT2D eigenvalue weighted by atomic mass is 10.2. The van der Waals surface area contributed by atoms with E-state index >= 15 is 0 Å². The molecule has 0 heterocycles. The molecule has 0 saturated carbocycles. The summed E-state index contributed by atoms with van der Waals surface area (Å²) < 4.78 is 0. The van der Waals surface area contributed by atoms with Crippen LogP contribution in [0.15, 0.2) is 36.5 Å². The van der Waals surface area contributed by atoms with Crippen LogP contribution < -0.4 is 0 Å². The highest BCUT2D eigenvalue weighted by Gasteiger charge is 1.92. The average Bonchev–Trinajstić information content (AvgIpc) is 2.50. The molecule has 0 bridgehead atoms. The van der Waals surface area contributed by atoms with Gasteiger partial charge in [0.15, 0.2) is 0 Å². The Balaban J connectivity index is 3.44. The van der Waals surface area contributed by atoms with Gasteiger partial charge in [0.05, 0.1) is 0 Å². The maximum Gasteiger partial charge on any atom is 0.303 e. The molecule has 0 spiro atoms. The van der Waals surface area contributed by atoms with Gasteiger partial charge in [0.2, 0.25) is 0 Å². The van der Waals surface area contributed by atoms with Crippen LogP contribution in [0.1, 0.15) is 71.1 Å². The first-order valence-corrected chi connectivity index (χ1v) is 8.39. The Bertz CT molecular complexity index is 405. The molecule has 0 unspecified atom stereocenters. The molecule has 0 aromatic rings. The number of unbranched alkanes of at least 4 members (excludes halogenated alkanes) is 4. The van der Waals surface area contributed by atoms with E-state index in [4.69, 9.17) is 5.11 Å². The first kappa shape index (κ1) is 20.2. The van der Waals surface area contributed by atoms with Gasteiger partial charge in [-0.05, 0) is 32.1 Å². The molecular weight excluding hydrogens is 272 g/mol. The fourth-order valence-electron chi connectivity index (χ4n) is 1.80. The van der Waals surface area contributed by atoms with Crippen molar-refractivity contribution in [3.05, 3.63) is 36.5 Å². The minimum absolute atomic E-state index is 0.211. The van der Waals surface area contributed by atoms with Crippen molar-refractivity contribution in [1.82, 2.24) is 0 Å². The largest absolute Gasteiger partial charge is 0.481 e. The number of carbonyl (C=O) groups is 1. The molecule has 0 fully saturated rings. The molecule has 122 valence electrons. The van der Waals surface area contributed by atoms with Crippen LogP contribution in [0.2, 0.25) is 0 Å². The van der Waals surface area contributed by atoms with Crippen molar-refractivity contribution in [3.8, 4) is 11.8 Å². The SMILES string of the molecule is CCCCC/C=C/C/C=C/C/C=C\CC#CCCCC(=O)O. The zero-order valence-electron chi connectivity index (χ0n) is 13.9. The lowest BCUT2D eigenvalue weighted by molar-refractivity contribution is -0.137. The summed E-state index contributed by atoms with van der Waals surface area (Å²) >= 11 is 0. The van der Waals surface area contributed by atoms with Gasteiger partial charge in [-0.2, -0.15) is 0 Å². The van der Waals surface area contributed by atoms with Crippen LogP contribution >= 0.6 is 0 Å². The highest BCUT2D eigenvalue weighted by molar-refractivity contribution is 5.66. The maximum atomic E-state index is 10.3. The normalized spacial score (nSPS) is 11.3. The monoisotopic (exact) mass is 302 g/mol. The van der Waals surface area contributed by atoms with Gasteiger partial charge in [-0.15, -0.1) is 5.92 Å². The Hall–Kier alpha value is -1.75. The predicted molar refractivity (Wildman–Crippen MR) is 94.7 cm³/mol. The van der Waals surface area contributed by atoms with Crippen molar-refractivity contribution >= 4 is 5.97 Å². The number of hydrogen-bond donors (Lipinski definition) is 1. The number of allylic oxidation sites excluding steroid dienone is 6. The van der Waals surface area contributed by atoms with Gasteiger partial charge in [0, 0.05) is 19.3 Å². The number of rotatable bonds is 12. The molecule has 0 rings (SSSR count). The van der Waals surface area contributed by atoms with E-state index in [2.05, 4.69) is 55.2 Å². The van der Waals surface area contributed by atoms with Gasteiger partial charge in [-0.1, -0.05) is 62.1 Å². The molecule has 0 amide bonds. The number of carboxylic acids is 1. The van der Waals surface area contributed by atoms with Crippen LogP contribution in [0.4, 0.5) is 0 Å². The highest BCUT2D eigenvalue weighted by Crippen LogP contribution is 2.00. The molecular formula is C20H30O2. The first-order valence-electron chi connectivity index (χ1n) is 8.39. The summed E-state index contributed by atoms with van der Waals surface area (Å²) in [7, 11) is 0. The predicted octanol–water partition coefficient (Wildman–Crippen LogP) is 5.66. The molecule has 22 heavy (non-hydrogen) atoms. The second-order valence-electron chi connectivity index (χ2n) is 5.19. The Labute approximate surface area is 136 Å². The summed E-state index contributed by atoms with van der Waals surface area (Å²) in [5, 5.41) is 8.47. The van der Waals surface area contributed by atoms with Crippen LogP contribution in [0, 0.1) is 11.8 Å². The molecule has 1 N–H and O–H groups in total. The van der Waals surface area contributed by atoms with E-state index < -0.39 is 5.97 Å². The molecule has 0 aliphatic heterocycles. The number of aliphatic carboxylic acids is 1. The van der Waals surface area contributed by atoms with Crippen LogP contribution in [0.3, 0.4) is 0 Å². The summed E-state index contributed by atoms with van der Waals surface area (Å²) in [4.78, 5) is 10.3. The van der Waals surface area contributed by atoms with Crippen LogP contribution in [0.25, 0.3) is 0 Å². The number of hydrogen-bond acceptors (Lipinski definition) is 1. The minimum Gasteiger partial charge on any atom is -0.481 e. The van der Waals surface area contributed by atoms with Crippen molar-refractivity contribution in [2.24, 2.45) is 0 Å². The third kappa shape index (κ3) is 18.2. The van der Waals surface area contributed by atoms with E-state index in [1.165, 1.54) is 25.7 Å². The van der Waals surface area contributed by atoms with E-state index in [1.807, 2.05) is 0 Å². The summed E-state index contributed by atoms with van der Waals surface area (Å²) in [6.45, 7) is 2.23. The van der Waals surface area contributed by atoms with Crippen molar-refractivity contribution in [1.29, 1.82) is 0 Å². The third-order valence-corrected chi connectivity index (χ3v) is 3.06. The maximum absolute atomic E-state index is 10.3. The molecule has 0 aromatic carbocycles. The lowest BCUT2D eigenvalue weighted by Gasteiger charge is -1.90. The van der Waals surface area contributed by atoms with Crippen molar-refractivity contribution in [2.75, 3.05) is 0 Å². The Morgan fingerprint density at radius 3 is 2.27 bits per heavy atom. The van der Waals surface area contributed by atoms with Gasteiger partial charge in [0.25, 0.3) is 0 Å². The average molecular weight is 302 g/mol. The van der Waals surface area contributed by atoms with Crippen LogP contribution in [0.5, 0.6) is 0 Å². The quantitative estimate of drug-likeness (QED) is 0.287. The topological polar surface area (TPSA) is 37.3 Å². The second kappa shape index (κ2) is 17.3. The van der Waals surface area contributed by atoms with Gasteiger partial charge in [0.1, 0.15) is 0 Å². The Kier molecular flexibility index (Phi) is 15.9. The molecule has 0 saturated heterocycles. The van der Waals surface area contributed by atoms with Crippen molar-refractivity contribution in [2.45, 2.75) is 71.1 Å². The standard InChI is InChI=1S/C20H30O2/c1-2-3-4-5-6-7-8-9-10-11-12-13-14-15-16-17-18-19-20(21)22/h6-7,9-10,12-13H,2-5,8,11,14,17-19H2,1H3,(H,21,22)/b7-6+,10-9+,13-12-. The van der Waals surface area contributed by atoms with Gasteiger partial charge in [-0.3, -0.25) is 4.79 Å². The summed E-state index contributed by atoms with van der Waals surface area (Å²) in [6, 6.07) is 0. The summed E-state index contributed by atoms with van der Waals surface area (Å²) in [6.07, 6.45) is 22.4. The Morgan fingerprint density at radius 1 is 0.909 bits per heavy atom. The molecule has 0 aliphatic carbocycles. The van der Waals surface area contributed by atoms with E-state index in [0.717, 1.165) is 19.3 Å². The fourth-order valence-corrected chi connectivity index (χ4v) is 1.80. The van der Waals surface area contributed by atoms with Crippen LogP contribution in [-0.2, 0) is 4.79 Å². The lowest BCUT2D eigenvalue weighted by Crippen LogP contribution is -1.92. The highest BCUT2D eigenvalue weighted by atomic mass is 16.4. The molecule has 0 radical (unpaired) electrons. The molecule has 2 heteroatoms. The van der Waals surface area contributed by atoms with E-state index in [-0.39, 0.29) is 6.42 Å². The van der Waals surface area contributed by atoms with E-state index in [9.17, 15) is 4.79 Å². The van der Waals surface area contributed by atoms with Crippen LogP contribution in [-0.4, -0.2) is 11.1 Å². The molecule has 0 atom stereocenters. The van der Waals surface area contributed by atoms with Crippen molar-refractivity contribution in [3.63, 3.8) is 0 Å². The molecule has 0 aromatic heterocycles. The van der Waals surface area contributed by atoms with Gasteiger partial charge < -0.3 is 5.11 Å². The summed E-state index contributed by atoms with van der Waals surface area (Å²) in [5.41, 5.74) is 0. The fraction of sp³-hybridized carbons (Fsp3) is 0.550. The first-order chi connectivity index (χ1) is 10.8. The van der Waals surface area contributed by atoms with Gasteiger partial charge in [-0.25, -0.2) is 0 Å². The van der Waals surface area contributed by atoms with Crippen molar-refractivity contribution < 1.29 is 9.90 Å². The third-order valence-electron chi connectivity index (χ3n) is 3.06. The minimum atomic E-state index is -0.746. The molecule has 0 aliphatic rings. The van der Waals surface area contributed by atoms with E-state index in [0.29, 0.717) is 12.8 Å². The molecule has 2 nitrogen and oxygen atoms in total. The van der Waals surface area contributed by atoms with Gasteiger partial charge >= 0.3 is 5.97 Å². The number of carboxylic acid groups (broad SMARTS) is 1. The zero-order valence-corrected chi connectivity index (χ0v) is 13.9. The smallest absolute Gasteiger partial charge is 0.303 e.